The second-order valence-electron chi connectivity index (χ2n) is 5.09. The van der Waals surface area contributed by atoms with Crippen LogP contribution in [0.15, 0.2) is 36.4 Å². The highest BCUT2D eigenvalue weighted by Crippen LogP contribution is 2.38. The Hall–Kier alpha value is -1.13. The van der Waals surface area contributed by atoms with E-state index in [2.05, 4.69) is 73.3 Å². The average molecular weight is 256 g/mol. The number of hydrogen-bond acceptors (Lipinski definition) is 0. The van der Waals surface area contributed by atoms with E-state index in [-0.39, 0.29) is 0 Å². The van der Waals surface area contributed by atoms with Crippen molar-refractivity contribution in [1.29, 1.82) is 0 Å². The summed E-state index contributed by atoms with van der Waals surface area (Å²) in [6.07, 6.45) is 0. The maximum atomic E-state index is 3.02. The van der Waals surface area contributed by atoms with Crippen molar-refractivity contribution in [3.8, 4) is 0 Å². The summed E-state index contributed by atoms with van der Waals surface area (Å²) < 4.78 is 0. The van der Waals surface area contributed by atoms with Crippen molar-refractivity contribution in [2.75, 3.05) is 0 Å². The Morgan fingerprint density at radius 1 is 0.667 bits per heavy atom. The summed E-state index contributed by atoms with van der Waals surface area (Å²) in [5.74, 6) is 0. The van der Waals surface area contributed by atoms with E-state index in [4.69, 9.17) is 0 Å². The van der Waals surface area contributed by atoms with Crippen LogP contribution >= 0.6 is 9.24 Å². The van der Waals surface area contributed by atoms with Crippen molar-refractivity contribution in [1.82, 2.24) is 0 Å². The van der Waals surface area contributed by atoms with Crippen molar-refractivity contribution in [3.63, 3.8) is 0 Å². The van der Waals surface area contributed by atoms with Gasteiger partial charge in [-0.15, -0.1) is 9.24 Å². The van der Waals surface area contributed by atoms with Crippen LogP contribution in [-0.4, -0.2) is 0 Å². The van der Waals surface area contributed by atoms with E-state index in [0.717, 1.165) is 0 Å². The molecule has 2 rings (SSSR count). The SMILES string of the molecule is Cc1cccc(C)c1C(P)c1c(C)cccc1C. The van der Waals surface area contributed by atoms with Crippen LogP contribution in [0.1, 0.15) is 39.0 Å². The summed E-state index contributed by atoms with van der Waals surface area (Å²) in [7, 11) is 3.02. The van der Waals surface area contributed by atoms with Gasteiger partial charge in [0.15, 0.2) is 0 Å². The van der Waals surface area contributed by atoms with Crippen LogP contribution in [0.3, 0.4) is 0 Å². The van der Waals surface area contributed by atoms with Gasteiger partial charge in [-0.1, -0.05) is 36.4 Å². The highest BCUT2D eigenvalue weighted by Gasteiger charge is 2.16. The van der Waals surface area contributed by atoms with Gasteiger partial charge in [-0.25, -0.2) is 0 Å². The molecule has 94 valence electrons. The summed E-state index contributed by atoms with van der Waals surface area (Å²) >= 11 is 0. The molecule has 0 nitrogen and oxygen atoms in total. The maximum Gasteiger partial charge on any atom is 0.0244 e. The molecule has 1 atom stereocenters. The summed E-state index contributed by atoms with van der Waals surface area (Å²) in [6.45, 7) is 8.81. The molecule has 0 saturated heterocycles. The van der Waals surface area contributed by atoms with Gasteiger partial charge in [0.1, 0.15) is 0 Å². The first-order valence-electron chi connectivity index (χ1n) is 6.40. The third-order valence-corrected chi connectivity index (χ3v) is 4.37. The van der Waals surface area contributed by atoms with Crippen LogP contribution in [0.4, 0.5) is 0 Å². The van der Waals surface area contributed by atoms with E-state index in [1.165, 1.54) is 33.4 Å². The molecule has 0 radical (unpaired) electrons. The van der Waals surface area contributed by atoms with E-state index >= 15 is 0 Å². The first-order chi connectivity index (χ1) is 8.52. The Morgan fingerprint density at radius 2 is 0.944 bits per heavy atom. The summed E-state index contributed by atoms with van der Waals surface area (Å²) in [4.78, 5) is 0. The molecule has 0 saturated carbocycles. The summed E-state index contributed by atoms with van der Waals surface area (Å²) in [5, 5.41) is 0. The molecule has 0 aromatic heterocycles. The first kappa shape index (κ1) is 13.3. The second kappa shape index (κ2) is 5.24. The van der Waals surface area contributed by atoms with E-state index in [1.807, 2.05) is 0 Å². The molecule has 2 aromatic carbocycles. The molecule has 0 amide bonds. The van der Waals surface area contributed by atoms with Gasteiger partial charge in [0.25, 0.3) is 0 Å². The number of rotatable bonds is 2. The van der Waals surface area contributed by atoms with E-state index in [1.54, 1.807) is 0 Å². The van der Waals surface area contributed by atoms with Gasteiger partial charge in [0.05, 0.1) is 0 Å². The fourth-order valence-corrected chi connectivity index (χ4v) is 3.83. The molecule has 1 unspecified atom stereocenters. The van der Waals surface area contributed by atoms with Gasteiger partial charge in [0.2, 0.25) is 0 Å². The minimum atomic E-state index is 0.382. The van der Waals surface area contributed by atoms with Gasteiger partial charge in [0, 0.05) is 5.66 Å². The molecule has 1 heteroatoms. The lowest BCUT2D eigenvalue weighted by atomic mass is 9.91. The molecule has 0 heterocycles. The zero-order valence-corrected chi connectivity index (χ0v) is 12.8. The average Bonchev–Trinajstić information content (AvgIpc) is 2.28. The molecule has 0 aliphatic carbocycles. The van der Waals surface area contributed by atoms with Crippen LogP contribution in [0, 0.1) is 27.7 Å². The van der Waals surface area contributed by atoms with E-state index in [9.17, 15) is 0 Å². The molecular weight excluding hydrogens is 235 g/mol. The highest BCUT2D eigenvalue weighted by atomic mass is 31.0. The molecule has 2 aromatic rings. The van der Waals surface area contributed by atoms with Crippen molar-refractivity contribution in [3.05, 3.63) is 69.8 Å². The Kier molecular flexibility index (Phi) is 3.88. The lowest BCUT2D eigenvalue weighted by molar-refractivity contribution is 1.06. The minimum Gasteiger partial charge on any atom is -0.125 e. The van der Waals surface area contributed by atoms with Gasteiger partial charge >= 0.3 is 0 Å². The van der Waals surface area contributed by atoms with Crippen molar-refractivity contribution < 1.29 is 0 Å². The topological polar surface area (TPSA) is 0 Å². The van der Waals surface area contributed by atoms with E-state index in [0.29, 0.717) is 5.66 Å². The Bertz CT molecular complexity index is 478. The smallest absolute Gasteiger partial charge is 0.0244 e. The molecule has 0 bridgehead atoms. The highest BCUT2D eigenvalue weighted by molar-refractivity contribution is 7.17. The fraction of sp³-hybridized carbons (Fsp3) is 0.294. The first-order valence-corrected chi connectivity index (χ1v) is 7.07. The minimum absolute atomic E-state index is 0.382. The molecular formula is C17H21P. The third-order valence-electron chi connectivity index (χ3n) is 3.71. The normalized spacial score (nSPS) is 11.0. The standard InChI is InChI=1S/C17H21P/c1-11-7-5-8-12(2)15(11)17(18)16-13(3)9-6-10-14(16)4/h5-10,17H,18H2,1-4H3. The summed E-state index contributed by atoms with van der Waals surface area (Å²) in [5.41, 5.74) is 8.76. The predicted octanol–water partition coefficient (Wildman–Crippen LogP) is 4.88. The molecule has 0 spiro atoms. The Labute approximate surface area is 113 Å². The molecule has 0 aliphatic rings. The van der Waals surface area contributed by atoms with Gasteiger partial charge in [-0.3, -0.25) is 0 Å². The van der Waals surface area contributed by atoms with Crippen LogP contribution in [0.25, 0.3) is 0 Å². The van der Waals surface area contributed by atoms with Crippen LogP contribution in [0.5, 0.6) is 0 Å². The molecule has 18 heavy (non-hydrogen) atoms. The number of hydrogen-bond donors (Lipinski definition) is 0. The number of benzene rings is 2. The monoisotopic (exact) mass is 256 g/mol. The van der Waals surface area contributed by atoms with E-state index < -0.39 is 0 Å². The quantitative estimate of drug-likeness (QED) is 0.671. The Balaban J connectivity index is 2.58. The number of aryl methyl sites for hydroxylation is 4. The van der Waals surface area contributed by atoms with Crippen LogP contribution in [-0.2, 0) is 0 Å². The van der Waals surface area contributed by atoms with Gasteiger partial charge in [-0.05, 0) is 61.1 Å². The predicted molar refractivity (Wildman–Crippen MR) is 83.4 cm³/mol. The maximum absolute atomic E-state index is 3.02. The van der Waals surface area contributed by atoms with Gasteiger partial charge < -0.3 is 0 Å². The van der Waals surface area contributed by atoms with Crippen LogP contribution in [0.2, 0.25) is 0 Å². The largest absolute Gasteiger partial charge is 0.125 e. The summed E-state index contributed by atoms with van der Waals surface area (Å²) in [6, 6.07) is 13.1. The van der Waals surface area contributed by atoms with Gasteiger partial charge in [-0.2, -0.15) is 0 Å². The van der Waals surface area contributed by atoms with Crippen molar-refractivity contribution in [2.24, 2.45) is 0 Å². The molecule has 0 aliphatic heterocycles. The zero-order valence-electron chi connectivity index (χ0n) is 11.6. The Morgan fingerprint density at radius 3 is 1.22 bits per heavy atom. The van der Waals surface area contributed by atoms with Crippen molar-refractivity contribution >= 4 is 9.24 Å². The third kappa shape index (κ3) is 2.35. The fourth-order valence-electron chi connectivity index (χ4n) is 2.78. The zero-order chi connectivity index (χ0) is 13.3. The van der Waals surface area contributed by atoms with Crippen LogP contribution < -0.4 is 0 Å². The lowest BCUT2D eigenvalue weighted by Gasteiger charge is -2.21. The second-order valence-corrected chi connectivity index (χ2v) is 5.76. The van der Waals surface area contributed by atoms with Crippen molar-refractivity contribution in [2.45, 2.75) is 33.4 Å². The lowest BCUT2D eigenvalue weighted by Crippen LogP contribution is -2.03. The molecule has 0 N–H and O–H groups in total. The molecule has 0 fully saturated rings.